The molecule has 5 heteroatoms. The van der Waals surface area contributed by atoms with E-state index in [1.807, 2.05) is 0 Å². The van der Waals surface area contributed by atoms with Gasteiger partial charge in [-0.3, -0.25) is 0 Å². The summed E-state index contributed by atoms with van der Waals surface area (Å²) in [6.45, 7) is 0. The molecule has 1 aliphatic carbocycles. The van der Waals surface area contributed by atoms with Gasteiger partial charge in [0, 0.05) is 12.5 Å². The fourth-order valence-electron chi connectivity index (χ4n) is 1.46. The molecule has 1 rings (SSSR count). The Balaban J connectivity index is 0.00000121. The molecule has 0 radical (unpaired) electrons. The minimum Gasteiger partial charge on any atom is -0.385 e. The van der Waals surface area contributed by atoms with Crippen LogP contribution >= 0.6 is 12.4 Å². The Morgan fingerprint density at radius 1 is 1.50 bits per heavy atom. The largest absolute Gasteiger partial charge is 0.385 e. The highest BCUT2D eigenvalue weighted by Crippen LogP contribution is 2.33. The topological polar surface area (TPSA) is 32.3 Å². The molecule has 2 N–H and O–H groups in total. The lowest BCUT2D eigenvalue weighted by molar-refractivity contribution is -0.142. The maximum Gasteiger partial charge on any atom is 0.274 e. The number of nitrogens with one attached hydrogen (secondary N) is 1. The molecule has 0 aromatic carbocycles. The second-order valence-electron chi connectivity index (χ2n) is 2.99. The quantitative estimate of drug-likeness (QED) is 0.668. The van der Waals surface area contributed by atoms with Gasteiger partial charge in [0.15, 0.2) is 0 Å². The summed E-state index contributed by atoms with van der Waals surface area (Å²) in [6.07, 6.45) is -0.587. The van der Waals surface area contributed by atoms with E-state index in [0.717, 1.165) is 0 Å². The van der Waals surface area contributed by atoms with Crippen LogP contribution in [-0.4, -0.2) is 30.2 Å². The first-order valence-corrected chi connectivity index (χ1v) is 3.81. The van der Waals surface area contributed by atoms with Gasteiger partial charge in [-0.25, -0.2) is 8.78 Å². The number of halogens is 3. The van der Waals surface area contributed by atoms with Crippen LogP contribution in [0.2, 0.25) is 0 Å². The molecule has 1 aliphatic rings. The summed E-state index contributed by atoms with van der Waals surface area (Å²) >= 11 is 0. The van der Waals surface area contributed by atoms with Crippen LogP contribution < -0.4 is 5.32 Å². The van der Waals surface area contributed by atoms with Crippen LogP contribution in [0.15, 0.2) is 0 Å². The predicted octanol–water partition coefficient (Wildman–Crippen LogP) is 1.18. The normalized spacial score (nSPS) is 34.0. The molecule has 2 unspecified atom stereocenters. The molecule has 0 aromatic rings. The number of alkyl halides is 2. The number of likely N-dealkylation sites (N-methyl/N-ethyl adjacent to an activating group) is 1. The molecule has 0 saturated heterocycles. The number of aliphatic hydroxyl groups is 1. The standard InChI is InChI=1S/C7H13F2NO.ClH/c1-10-5-3-2-4-7(8,9)6(5)11;/h5-6,10-11H,2-4H2,1H3;1H. The lowest BCUT2D eigenvalue weighted by Gasteiger charge is -2.34. The predicted molar refractivity (Wildman–Crippen MR) is 44.9 cm³/mol. The van der Waals surface area contributed by atoms with Crippen LogP contribution in [-0.2, 0) is 0 Å². The summed E-state index contributed by atoms with van der Waals surface area (Å²) in [5.41, 5.74) is 0. The van der Waals surface area contributed by atoms with Gasteiger partial charge in [0.05, 0.1) is 0 Å². The van der Waals surface area contributed by atoms with E-state index < -0.39 is 18.1 Å². The van der Waals surface area contributed by atoms with Gasteiger partial charge in [0.2, 0.25) is 0 Å². The van der Waals surface area contributed by atoms with Gasteiger partial charge in [-0.05, 0) is 19.9 Å². The average molecular weight is 202 g/mol. The van der Waals surface area contributed by atoms with Crippen molar-refractivity contribution < 1.29 is 13.9 Å². The third kappa shape index (κ3) is 2.28. The van der Waals surface area contributed by atoms with Crippen LogP contribution in [0, 0.1) is 0 Å². The van der Waals surface area contributed by atoms with Crippen molar-refractivity contribution in [2.24, 2.45) is 0 Å². The SMILES string of the molecule is CNC1CCCC(F)(F)C1O.Cl. The van der Waals surface area contributed by atoms with Crippen molar-refractivity contribution in [1.29, 1.82) is 0 Å². The van der Waals surface area contributed by atoms with Crippen molar-refractivity contribution in [2.45, 2.75) is 37.3 Å². The lowest BCUT2D eigenvalue weighted by atomic mass is 9.89. The van der Waals surface area contributed by atoms with E-state index in [1.165, 1.54) is 0 Å². The van der Waals surface area contributed by atoms with Gasteiger partial charge in [0.25, 0.3) is 5.92 Å². The summed E-state index contributed by atoms with van der Waals surface area (Å²) in [5, 5.41) is 11.8. The number of rotatable bonds is 1. The Bertz CT molecular complexity index is 145. The third-order valence-electron chi connectivity index (χ3n) is 2.21. The minimum absolute atomic E-state index is 0. The van der Waals surface area contributed by atoms with Gasteiger partial charge in [-0.1, -0.05) is 0 Å². The fraction of sp³-hybridized carbons (Fsp3) is 1.00. The monoisotopic (exact) mass is 201 g/mol. The van der Waals surface area contributed by atoms with E-state index >= 15 is 0 Å². The molecule has 0 aliphatic heterocycles. The Hall–Kier alpha value is 0.0700. The van der Waals surface area contributed by atoms with Crippen LogP contribution in [0.3, 0.4) is 0 Å². The van der Waals surface area contributed by atoms with Crippen LogP contribution in [0.25, 0.3) is 0 Å². The Morgan fingerprint density at radius 3 is 2.50 bits per heavy atom. The average Bonchev–Trinajstić information content (AvgIpc) is 1.95. The Morgan fingerprint density at radius 2 is 2.08 bits per heavy atom. The minimum atomic E-state index is -2.90. The van der Waals surface area contributed by atoms with Crippen molar-refractivity contribution in [1.82, 2.24) is 5.32 Å². The molecule has 0 aromatic heterocycles. The van der Waals surface area contributed by atoms with Crippen molar-refractivity contribution in [3.05, 3.63) is 0 Å². The summed E-state index contributed by atoms with van der Waals surface area (Å²) in [7, 11) is 1.59. The van der Waals surface area contributed by atoms with Gasteiger partial charge in [-0.15, -0.1) is 12.4 Å². The van der Waals surface area contributed by atoms with E-state index in [4.69, 9.17) is 5.11 Å². The third-order valence-corrected chi connectivity index (χ3v) is 2.21. The summed E-state index contributed by atoms with van der Waals surface area (Å²) in [6, 6.07) is -0.446. The first-order valence-electron chi connectivity index (χ1n) is 3.81. The molecule has 12 heavy (non-hydrogen) atoms. The molecule has 74 valence electrons. The zero-order chi connectivity index (χ0) is 8.48. The van der Waals surface area contributed by atoms with Gasteiger partial charge in [-0.2, -0.15) is 0 Å². The van der Waals surface area contributed by atoms with E-state index in [0.29, 0.717) is 12.8 Å². The second-order valence-corrected chi connectivity index (χ2v) is 2.99. The Kier molecular flexibility index (Phi) is 4.37. The lowest BCUT2D eigenvalue weighted by Crippen LogP contribution is -2.51. The van der Waals surface area contributed by atoms with Crippen molar-refractivity contribution in [3.8, 4) is 0 Å². The van der Waals surface area contributed by atoms with E-state index in [-0.39, 0.29) is 18.8 Å². The van der Waals surface area contributed by atoms with E-state index in [2.05, 4.69) is 5.32 Å². The first kappa shape index (κ1) is 12.1. The highest BCUT2D eigenvalue weighted by molar-refractivity contribution is 5.85. The molecule has 2 nitrogen and oxygen atoms in total. The molecule has 1 saturated carbocycles. The zero-order valence-electron chi connectivity index (χ0n) is 6.89. The van der Waals surface area contributed by atoms with Crippen LogP contribution in [0.1, 0.15) is 19.3 Å². The van der Waals surface area contributed by atoms with Crippen LogP contribution in [0.5, 0.6) is 0 Å². The number of hydrogen-bond donors (Lipinski definition) is 2. The van der Waals surface area contributed by atoms with Crippen molar-refractivity contribution >= 4 is 12.4 Å². The highest BCUT2D eigenvalue weighted by Gasteiger charge is 2.45. The van der Waals surface area contributed by atoms with Gasteiger partial charge in [0.1, 0.15) is 6.10 Å². The fourth-order valence-corrected chi connectivity index (χ4v) is 1.46. The smallest absolute Gasteiger partial charge is 0.274 e. The van der Waals surface area contributed by atoms with Gasteiger partial charge >= 0.3 is 0 Å². The molecular formula is C7H14ClF2NO. The van der Waals surface area contributed by atoms with E-state index in [9.17, 15) is 8.78 Å². The summed E-state index contributed by atoms with van der Waals surface area (Å²) in [4.78, 5) is 0. The molecule has 2 atom stereocenters. The van der Waals surface area contributed by atoms with Gasteiger partial charge < -0.3 is 10.4 Å². The maximum absolute atomic E-state index is 12.7. The molecule has 0 bridgehead atoms. The molecule has 1 fully saturated rings. The van der Waals surface area contributed by atoms with Crippen molar-refractivity contribution in [3.63, 3.8) is 0 Å². The molecular weight excluding hydrogens is 188 g/mol. The molecule has 0 spiro atoms. The molecule has 0 heterocycles. The highest BCUT2D eigenvalue weighted by atomic mass is 35.5. The second kappa shape index (κ2) is 4.35. The van der Waals surface area contributed by atoms with E-state index in [1.54, 1.807) is 7.05 Å². The number of hydrogen-bond acceptors (Lipinski definition) is 2. The Labute approximate surface area is 76.8 Å². The zero-order valence-corrected chi connectivity index (χ0v) is 7.70. The molecule has 0 amide bonds. The van der Waals surface area contributed by atoms with Crippen molar-refractivity contribution in [2.75, 3.05) is 7.05 Å². The first-order chi connectivity index (χ1) is 5.08. The maximum atomic E-state index is 12.7. The van der Waals surface area contributed by atoms with Crippen LogP contribution in [0.4, 0.5) is 8.78 Å². The summed E-state index contributed by atoms with van der Waals surface area (Å²) < 4.78 is 25.5. The number of aliphatic hydroxyl groups excluding tert-OH is 1. The summed E-state index contributed by atoms with van der Waals surface area (Å²) in [5.74, 6) is -2.90.